The number of carbonyl (C=O) groups excluding carboxylic acids is 2. The lowest BCUT2D eigenvalue weighted by atomic mass is 10.1. The molecule has 0 aromatic heterocycles. The predicted molar refractivity (Wildman–Crippen MR) is 89.5 cm³/mol. The maximum Gasteiger partial charge on any atom is 0.313 e. The summed E-state index contributed by atoms with van der Waals surface area (Å²) < 4.78 is 5.08. The van der Waals surface area contributed by atoms with Crippen LogP contribution in [0.25, 0.3) is 0 Å². The van der Waals surface area contributed by atoms with Crippen LogP contribution < -0.4 is 15.4 Å². The number of hydrogen-bond donors (Lipinski definition) is 2. The third-order valence-corrected chi connectivity index (χ3v) is 3.37. The Balaban J connectivity index is 1.77. The Morgan fingerprint density at radius 2 is 1.61 bits per heavy atom. The number of anilines is 1. The first-order chi connectivity index (χ1) is 11.1. The van der Waals surface area contributed by atoms with Crippen LogP contribution in [0.2, 0.25) is 0 Å². The second-order valence-electron chi connectivity index (χ2n) is 5.17. The van der Waals surface area contributed by atoms with Crippen molar-refractivity contribution in [3.05, 3.63) is 59.7 Å². The van der Waals surface area contributed by atoms with E-state index in [0.717, 1.165) is 16.9 Å². The van der Waals surface area contributed by atoms with Crippen molar-refractivity contribution in [3.8, 4) is 5.75 Å². The maximum absolute atomic E-state index is 11.8. The van der Waals surface area contributed by atoms with Crippen LogP contribution in [0.15, 0.2) is 48.5 Å². The number of benzene rings is 2. The third kappa shape index (κ3) is 5.14. The van der Waals surface area contributed by atoms with Gasteiger partial charge in [-0.25, -0.2) is 0 Å². The van der Waals surface area contributed by atoms with E-state index in [1.807, 2.05) is 43.3 Å². The van der Waals surface area contributed by atoms with E-state index < -0.39 is 11.8 Å². The highest BCUT2D eigenvalue weighted by atomic mass is 16.5. The Kier molecular flexibility index (Phi) is 5.74. The summed E-state index contributed by atoms with van der Waals surface area (Å²) >= 11 is 0. The molecule has 0 fully saturated rings. The topological polar surface area (TPSA) is 67.4 Å². The summed E-state index contributed by atoms with van der Waals surface area (Å²) in [6, 6.07) is 14.8. The number of amides is 2. The SMILES string of the molecule is COc1ccc(CCNC(=O)C(=O)Nc2ccc(C)cc2)cc1. The molecule has 0 aliphatic rings. The fourth-order valence-electron chi connectivity index (χ4n) is 2.02. The fraction of sp³-hybridized carbons (Fsp3) is 0.222. The van der Waals surface area contributed by atoms with Gasteiger partial charge in [-0.15, -0.1) is 0 Å². The predicted octanol–water partition coefficient (Wildman–Crippen LogP) is 2.30. The minimum absolute atomic E-state index is 0.395. The van der Waals surface area contributed by atoms with Crippen molar-refractivity contribution in [2.75, 3.05) is 19.0 Å². The molecule has 2 N–H and O–H groups in total. The lowest BCUT2D eigenvalue weighted by Gasteiger charge is -2.07. The molecule has 2 rings (SSSR count). The zero-order valence-electron chi connectivity index (χ0n) is 13.3. The highest BCUT2D eigenvalue weighted by Gasteiger charge is 2.12. The molecule has 0 saturated carbocycles. The number of rotatable bonds is 5. The highest BCUT2D eigenvalue weighted by Crippen LogP contribution is 2.11. The van der Waals surface area contributed by atoms with Gasteiger partial charge >= 0.3 is 11.8 Å². The molecule has 0 spiro atoms. The normalized spacial score (nSPS) is 10.0. The van der Waals surface area contributed by atoms with Gasteiger partial charge in [-0.1, -0.05) is 29.8 Å². The van der Waals surface area contributed by atoms with Crippen molar-refractivity contribution in [1.29, 1.82) is 0 Å². The number of carbonyl (C=O) groups is 2. The molecule has 120 valence electrons. The Labute approximate surface area is 135 Å². The molecule has 0 saturated heterocycles. The summed E-state index contributed by atoms with van der Waals surface area (Å²) in [5.41, 5.74) is 2.75. The monoisotopic (exact) mass is 312 g/mol. The second-order valence-corrected chi connectivity index (χ2v) is 5.17. The van der Waals surface area contributed by atoms with Gasteiger partial charge in [0.25, 0.3) is 0 Å². The lowest BCUT2D eigenvalue weighted by Crippen LogP contribution is -2.36. The summed E-state index contributed by atoms with van der Waals surface area (Å²) in [7, 11) is 1.61. The van der Waals surface area contributed by atoms with Gasteiger partial charge in [-0.05, 0) is 43.2 Å². The summed E-state index contributed by atoms with van der Waals surface area (Å²) in [5, 5.41) is 5.17. The average Bonchev–Trinajstić information content (AvgIpc) is 2.57. The number of methoxy groups -OCH3 is 1. The number of ether oxygens (including phenoxy) is 1. The van der Waals surface area contributed by atoms with Crippen molar-refractivity contribution >= 4 is 17.5 Å². The number of nitrogens with one attached hydrogen (secondary N) is 2. The Bertz CT molecular complexity index is 664. The van der Waals surface area contributed by atoms with Crippen LogP contribution >= 0.6 is 0 Å². The summed E-state index contributed by atoms with van der Waals surface area (Å²) in [5.74, 6) is -0.516. The van der Waals surface area contributed by atoms with E-state index in [4.69, 9.17) is 4.74 Å². The van der Waals surface area contributed by atoms with E-state index in [-0.39, 0.29) is 0 Å². The third-order valence-electron chi connectivity index (χ3n) is 3.37. The van der Waals surface area contributed by atoms with Crippen molar-refractivity contribution in [1.82, 2.24) is 5.32 Å². The van der Waals surface area contributed by atoms with Gasteiger partial charge in [0.15, 0.2) is 0 Å². The van der Waals surface area contributed by atoms with Crippen molar-refractivity contribution in [2.45, 2.75) is 13.3 Å². The Morgan fingerprint density at radius 1 is 0.957 bits per heavy atom. The van der Waals surface area contributed by atoms with Gasteiger partial charge in [0, 0.05) is 12.2 Å². The zero-order chi connectivity index (χ0) is 16.7. The van der Waals surface area contributed by atoms with Gasteiger partial charge < -0.3 is 15.4 Å². The minimum Gasteiger partial charge on any atom is -0.497 e. The van der Waals surface area contributed by atoms with Crippen LogP contribution in [0.5, 0.6) is 5.75 Å². The molecule has 2 aromatic carbocycles. The molecule has 0 atom stereocenters. The smallest absolute Gasteiger partial charge is 0.313 e. The molecule has 0 bridgehead atoms. The van der Waals surface area contributed by atoms with E-state index in [1.165, 1.54) is 0 Å². The van der Waals surface area contributed by atoms with Gasteiger partial charge in [0.05, 0.1) is 7.11 Å². The standard InChI is InChI=1S/C18H20N2O3/c1-13-3-7-15(8-4-13)20-18(22)17(21)19-12-11-14-5-9-16(23-2)10-6-14/h3-10H,11-12H2,1-2H3,(H,19,21)(H,20,22). The quantitative estimate of drug-likeness (QED) is 0.833. The van der Waals surface area contributed by atoms with Crippen LogP contribution in [-0.4, -0.2) is 25.5 Å². The molecule has 2 aromatic rings. The Morgan fingerprint density at radius 3 is 2.22 bits per heavy atom. The number of hydrogen-bond acceptors (Lipinski definition) is 3. The Hall–Kier alpha value is -2.82. The van der Waals surface area contributed by atoms with Crippen LogP contribution in [0.1, 0.15) is 11.1 Å². The number of aryl methyl sites for hydroxylation is 1. The van der Waals surface area contributed by atoms with Gasteiger partial charge in [-0.3, -0.25) is 9.59 Å². The largest absolute Gasteiger partial charge is 0.497 e. The zero-order valence-corrected chi connectivity index (χ0v) is 13.3. The molecule has 23 heavy (non-hydrogen) atoms. The van der Waals surface area contributed by atoms with E-state index in [0.29, 0.717) is 18.7 Å². The molecular formula is C18H20N2O3. The summed E-state index contributed by atoms with van der Waals surface area (Å²) in [6.07, 6.45) is 0.646. The van der Waals surface area contributed by atoms with Crippen LogP contribution in [0.4, 0.5) is 5.69 Å². The van der Waals surface area contributed by atoms with Crippen molar-refractivity contribution in [2.24, 2.45) is 0 Å². The van der Waals surface area contributed by atoms with Crippen LogP contribution in [-0.2, 0) is 16.0 Å². The van der Waals surface area contributed by atoms with Gasteiger partial charge in [0.1, 0.15) is 5.75 Å². The van der Waals surface area contributed by atoms with E-state index in [9.17, 15) is 9.59 Å². The van der Waals surface area contributed by atoms with E-state index >= 15 is 0 Å². The van der Waals surface area contributed by atoms with Gasteiger partial charge in [-0.2, -0.15) is 0 Å². The van der Waals surface area contributed by atoms with Crippen molar-refractivity contribution < 1.29 is 14.3 Å². The first kappa shape index (κ1) is 16.5. The minimum atomic E-state index is -0.663. The van der Waals surface area contributed by atoms with Gasteiger partial charge in [0.2, 0.25) is 0 Å². The molecule has 0 unspecified atom stereocenters. The molecular weight excluding hydrogens is 292 g/mol. The maximum atomic E-state index is 11.8. The molecule has 0 aliphatic heterocycles. The van der Waals surface area contributed by atoms with Crippen LogP contribution in [0, 0.1) is 6.92 Å². The second kappa shape index (κ2) is 7.98. The lowest BCUT2D eigenvalue weighted by molar-refractivity contribution is -0.136. The molecule has 5 heteroatoms. The molecule has 2 amide bonds. The molecule has 5 nitrogen and oxygen atoms in total. The molecule has 0 aliphatic carbocycles. The average molecular weight is 312 g/mol. The summed E-state index contributed by atoms with van der Waals surface area (Å²) in [6.45, 7) is 2.35. The van der Waals surface area contributed by atoms with Crippen LogP contribution in [0.3, 0.4) is 0 Å². The first-order valence-electron chi connectivity index (χ1n) is 7.37. The first-order valence-corrected chi connectivity index (χ1v) is 7.37. The fourth-order valence-corrected chi connectivity index (χ4v) is 2.02. The van der Waals surface area contributed by atoms with E-state index in [1.54, 1.807) is 19.2 Å². The molecule has 0 heterocycles. The highest BCUT2D eigenvalue weighted by molar-refractivity contribution is 6.39. The van der Waals surface area contributed by atoms with Crippen molar-refractivity contribution in [3.63, 3.8) is 0 Å². The molecule has 0 radical (unpaired) electrons. The van der Waals surface area contributed by atoms with E-state index in [2.05, 4.69) is 10.6 Å². The summed E-state index contributed by atoms with van der Waals surface area (Å²) in [4.78, 5) is 23.5.